The number of nitrogens with zero attached hydrogens (tertiary/aromatic N) is 4. The molecule has 8 heteroatoms. The maximum absolute atomic E-state index is 11.9. The van der Waals surface area contributed by atoms with Crippen LogP contribution in [0.2, 0.25) is 0 Å². The first-order valence-corrected chi connectivity index (χ1v) is 5.63. The molecule has 1 aliphatic rings. The zero-order valence-electron chi connectivity index (χ0n) is 9.76. The monoisotopic (exact) mass is 262 g/mol. The summed E-state index contributed by atoms with van der Waals surface area (Å²) in [5.41, 5.74) is -0.101. The lowest BCUT2D eigenvalue weighted by atomic mass is 10.1. The molecule has 0 spiro atoms. The normalized spacial score (nSPS) is 15.3. The Morgan fingerprint density at radius 2 is 2.21 bits per heavy atom. The summed E-state index contributed by atoms with van der Waals surface area (Å²) in [6.07, 6.45) is 2.81. The fourth-order valence-corrected chi connectivity index (χ4v) is 1.90. The van der Waals surface area contributed by atoms with Gasteiger partial charge in [-0.15, -0.1) is 5.10 Å². The molecule has 1 fully saturated rings. The largest absolute Gasteiger partial charge is 0.476 e. The van der Waals surface area contributed by atoms with Crippen molar-refractivity contribution in [2.75, 3.05) is 13.1 Å². The molecule has 8 nitrogen and oxygen atoms in total. The molecule has 3 heterocycles. The summed E-state index contributed by atoms with van der Waals surface area (Å²) in [5.74, 6) is -1.00. The van der Waals surface area contributed by atoms with Crippen LogP contribution in [0.3, 0.4) is 0 Å². The second-order valence-electron chi connectivity index (χ2n) is 4.23. The number of rotatable bonds is 3. The Kier molecular flexibility index (Phi) is 2.55. The van der Waals surface area contributed by atoms with Crippen molar-refractivity contribution < 1.29 is 19.1 Å². The van der Waals surface area contributed by atoms with Gasteiger partial charge in [-0.05, 0) is 12.1 Å². The van der Waals surface area contributed by atoms with E-state index in [0.29, 0.717) is 18.8 Å². The molecule has 1 aliphatic heterocycles. The molecule has 2 aromatic heterocycles. The predicted octanol–water partition coefficient (Wildman–Crippen LogP) is 0.266. The van der Waals surface area contributed by atoms with Crippen molar-refractivity contribution in [1.82, 2.24) is 19.9 Å². The summed E-state index contributed by atoms with van der Waals surface area (Å²) in [5, 5.41) is 16.0. The molecule has 98 valence electrons. The van der Waals surface area contributed by atoms with Crippen molar-refractivity contribution in [1.29, 1.82) is 0 Å². The van der Waals surface area contributed by atoms with Crippen molar-refractivity contribution in [3.8, 4) is 0 Å². The minimum atomic E-state index is -1.12. The SMILES string of the molecule is O=C(O)c1cn(C2CN(C(=O)c3ccco3)C2)nn1. The number of hydrogen-bond donors (Lipinski definition) is 1. The second kappa shape index (κ2) is 4.23. The highest BCUT2D eigenvalue weighted by Gasteiger charge is 2.34. The molecule has 0 saturated carbocycles. The molecule has 1 N–H and O–H groups in total. The van der Waals surface area contributed by atoms with E-state index in [0.717, 1.165) is 0 Å². The first-order chi connectivity index (χ1) is 9.15. The van der Waals surface area contributed by atoms with Crippen molar-refractivity contribution >= 4 is 11.9 Å². The summed E-state index contributed by atoms with van der Waals surface area (Å²) in [4.78, 5) is 24.2. The lowest BCUT2D eigenvalue weighted by Crippen LogP contribution is -2.50. The van der Waals surface area contributed by atoms with Crippen LogP contribution in [-0.2, 0) is 0 Å². The fraction of sp³-hybridized carbons (Fsp3) is 0.273. The molecule has 0 aliphatic carbocycles. The fourth-order valence-electron chi connectivity index (χ4n) is 1.90. The van der Waals surface area contributed by atoms with E-state index in [4.69, 9.17) is 9.52 Å². The number of amides is 1. The van der Waals surface area contributed by atoms with Gasteiger partial charge in [0.05, 0.1) is 18.5 Å². The van der Waals surface area contributed by atoms with Gasteiger partial charge in [-0.3, -0.25) is 4.79 Å². The molecule has 0 unspecified atom stereocenters. The van der Waals surface area contributed by atoms with E-state index >= 15 is 0 Å². The molecule has 0 aromatic carbocycles. The Balaban J connectivity index is 1.63. The molecule has 1 saturated heterocycles. The van der Waals surface area contributed by atoms with Crippen LogP contribution in [0.15, 0.2) is 29.0 Å². The third-order valence-corrected chi connectivity index (χ3v) is 2.98. The van der Waals surface area contributed by atoms with E-state index in [1.54, 1.807) is 17.0 Å². The highest BCUT2D eigenvalue weighted by molar-refractivity contribution is 5.92. The number of hydrogen-bond acceptors (Lipinski definition) is 5. The van der Waals surface area contributed by atoms with Crippen LogP contribution in [0, 0.1) is 0 Å². The topological polar surface area (TPSA) is 101 Å². The van der Waals surface area contributed by atoms with Crippen LogP contribution in [0.1, 0.15) is 27.1 Å². The van der Waals surface area contributed by atoms with Gasteiger partial charge in [0.1, 0.15) is 0 Å². The number of carboxylic acids is 1. The van der Waals surface area contributed by atoms with Gasteiger partial charge in [-0.1, -0.05) is 5.21 Å². The highest BCUT2D eigenvalue weighted by atomic mass is 16.4. The highest BCUT2D eigenvalue weighted by Crippen LogP contribution is 2.22. The lowest BCUT2D eigenvalue weighted by molar-refractivity contribution is 0.0466. The first-order valence-electron chi connectivity index (χ1n) is 5.63. The molecule has 0 radical (unpaired) electrons. The number of carboxylic acid groups (broad SMARTS) is 1. The summed E-state index contributed by atoms with van der Waals surface area (Å²) in [6, 6.07) is 3.22. The van der Waals surface area contributed by atoms with Crippen LogP contribution in [0.5, 0.6) is 0 Å². The Morgan fingerprint density at radius 1 is 1.42 bits per heavy atom. The molecular formula is C11H10N4O4. The predicted molar refractivity (Wildman–Crippen MR) is 60.6 cm³/mol. The van der Waals surface area contributed by atoms with E-state index in [-0.39, 0.29) is 17.6 Å². The van der Waals surface area contributed by atoms with Crippen molar-refractivity contribution in [3.63, 3.8) is 0 Å². The minimum absolute atomic E-state index is 0.0421. The Bertz CT molecular complexity index is 612. The third-order valence-electron chi connectivity index (χ3n) is 2.98. The quantitative estimate of drug-likeness (QED) is 0.851. The zero-order valence-corrected chi connectivity index (χ0v) is 9.76. The van der Waals surface area contributed by atoms with E-state index in [1.807, 2.05) is 0 Å². The smallest absolute Gasteiger partial charge is 0.358 e. The number of aromatic nitrogens is 3. The standard InChI is InChI=1S/C11H10N4O4/c16-10(9-2-1-3-19-9)14-4-7(5-14)15-6-8(11(17)18)12-13-15/h1-3,6-7H,4-5H2,(H,17,18). The Hall–Kier alpha value is -2.64. The van der Waals surface area contributed by atoms with Gasteiger partial charge in [-0.2, -0.15) is 0 Å². The van der Waals surface area contributed by atoms with Gasteiger partial charge >= 0.3 is 5.97 Å². The summed E-state index contributed by atoms with van der Waals surface area (Å²) in [6.45, 7) is 0.921. The van der Waals surface area contributed by atoms with Crippen LogP contribution in [-0.4, -0.2) is 50.0 Å². The molecule has 2 aromatic rings. The van der Waals surface area contributed by atoms with Crippen LogP contribution in [0.4, 0.5) is 0 Å². The molecule has 1 amide bonds. The van der Waals surface area contributed by atoms with Gasteiger partial charge < -0.3 is 14.4 Å². The number of likely N-dealkylation sites (tertiary alicyclic amines) is 1. The summed E-state index contributed by atoms with van der Waals surface area (Å²) < 4.78 is 6.49. The van der Waals surface area contributed by atoms with E-state index in [1.165, 1.54) is 17.1 Å². The van der Waals surface area contributed by atoms with Crippen LogP contribution < -0.4 is 0 Å². The third kappa shape index (κ3) is 1.96. The molecule has 0 bridgehead atoms. The second-order valence-corrected chi connectivity index (χ2v) is 4.23. The van der Waals surface area contributed by atoms with Gasteiger partial charge in [0.15, 0.2) is 11.5 Å². The number of carbonyl (C=O) groups excluding carboxylic acids is 1. The van der Waals surface area contributed by atoms with Crippen molar-refractivity contribution in [2.24, 2.45) is 0 Å². The van der Waals surface area contributed by atoms with Crippen LogP contribution in [0.25, 0.3) is 0 Å². The maximum atomic E-state index is 11.9. The Labute approximate surface area is 107 Å². The molecule has 19 heavy (non-hydrogen) atoms. The van der Waals surface area contributed by atoms with Gasteiger partial charge in [0, 0.05) is 13.1 Å². The number of carbonyl (C=O) groups is 2. The zero-order chi connectivity index (χ0) is 13.4. The van der Waals surface area contributed by atoms with Crippen molar-refractivity contribution in [3.05, 3.63) is 36.0 Å². The van der Waals surface area contributed by atoms with Crippen LogP contribution >= 0.6 is 0 Å². The van der Waals surface area contributed by atoms with Gasteiger partial charge in [0.25, 0.3) is 5.91 Å². The van der Waals surface area contributed by atoms with E-state index in [2.05, 4.69) is 10.3 Å². The average Bonchev–Trinajstić information content (AvgIpc) is 2.98. The van der Waals surface area contributed by atoms with Gasteiger partial charge in [0.2, 0.25) is 0 Å². The average molecular weight is 262 g/mol. The minimum Gasteiger partial charge on any atom is -0.476 e. The number of aromatic carboxylic acids is 1. The first kappa shape index (κ1) is 11.5. The summed E-state index contributed by atoms with van der Waals surface area (Å²) in [7, 11) is 0. The van der Waals surface area contributed by atoms with Gasteiger partial charge in [-0.25, -0.2) is 9.48 Å². The summed E-state index contributed by atoms with van der Waals surface area (Å²) >= 11 is 0. The molecular weight excluding hydrogens is 252 g/mol. The Morgan fingerprint density at radius 3 is 2.79 bits per heavy atom. The van der Waals surface area contributed by atoms with E-state index < -0.39 is 5.97 Å². The molecule has 3 rings (SSSR count). The molecule has 0 atom stereocenters. The number of furan rings is 1. The lowest BCUT2D eigenvalue weighted by Gasteiger charge is -2.38. The van der Waals surface area contributed by atoms with E-state index in [9.17, 15) is 9.59 Å². The van der Waals surface area contributed by atoms with Crippen molar-refractivity contribution in [2.45, 2.75) is 6.04 Å². The maximum Gasteiger partial charge on any atom is 0.358 e.